The predicted molar refractivity (Wildman–Crippen MR) is 95.5 cm³/mol. The van der Waals surface area contributed by atoms with Crippen molar-refractivity contribution in [3.8, 4) is 0 Å². The van der Waals surface area contributed by atoms with Gasteiger partial charge in [0.25, 0.3) is 5.91 Å². The minimum absolute atomic E-state index is 0.0851. The molecule has 0 radical (unpaired) electrons. The molecule has 2 aromatic carbocycles. The Kier molecular flexibility index (Phi) is 4.58. The maximum Gasteiger partial charge on any atom is 0.253 e. The highest BCUT2D eigenvalue weighted by Gasteiger charge is 2.22. The Morgan fingerprint density at radius 1 is 0.957 bits per heavy atom. The van der Waals surface area contributed by atoms with Crippen molar-refractivity contribution in [1.29, 1.82) is 0 Å². The molecule has 0 atom stereocenters. The number of anilines is 1. The zero-order chi connectivity index (χ0) is 16.4. The van der Waals surface area contributed by atoms with Gasteiger partial charge in [-0.3, -0.25) is 4.79 Å². The number of amides is 1. The van der Waals surface area contributed by atoms with Crippen molar-refractivity contribution in [1.82, 2.24) is 4.90 Å². The third kappa shape index (κ3) is 3.50. The van der Waals surface area contributed by atoms with Crippen molar-refractivity contribution in [2.75, 3.05) is 31.1 Å². The fourth-order valence-corrected chi connectivity index (χ4v) is 3.21. The minimum atomic E-state index is 0.0851. The van der Waals surface area contributed by atoms with Gasteiger partial charge in [-0.1, -0.05) is 29.3 Å². The second-order valence-corrected chi connectivity index (χ2v) is 6.51. The molecule has 2 aromatic rings. The average molecular weight is 329 g/mol. The Balaban J connectivity index is 1.66. The van der Waals surface area contributed by atoms with Crippen molar-refractivity contribution in [2.24, 2.45) is 0 Å². The maximum absolute atomic E-state index is 12.5. The minimum Gasteiger partial charge on any atom is -0.368 e. The number of hydrogen-bond acceptors (Lipinski definition) is 2. The second kappa shape index (κ2) is 6.63. The summed E-state index contributed by atoms with van der Waals surface area (Å²) in [6.45, 7) is 7.48. The Morgan fingerprint density at radius 2 is 1.61 bits per heavy atom. The van der Waals surface area contributed by atoms with E-state index in [1.165, 1.54) is 16.8 Å². The molecule has 4 heteroatoms. The average Bonchev–Trinajstić information content (AvgIpc) is 2.55. The van der Waals surface area contributed by atoms with E-state index in [-0.39, 0.29) is 5.91 Å². The highest BCUT2D eigenvalue weighted by molar-refractivity contribution is 6.30. The molecule has 0 aliphatic carbocycles. The monoisotopic (exact) mass is 328 g/mol. The van der Waals surface area contributed by atoms with Crippen molar-refractivity contribution in [2.45, 2.75) is 13.8 Å². The first-order chi connectivity index (χ1) is 11.0. The van der Waals surface area contributed by atoms with E-state index >= 15 is 0 Å². The van der Waals surface area contributed by atoms with Gasteiger partial charge in [0, 0.05) is 42.5 Å². The largest absolute Gasteiger partial charge is 0.368 e. The number of rotatable bonds is 2. The highest BCUT2D eigenvalue weighted by atomic mass is 35.5. The van der Waals surface area contributed by atoms with Gasteiger partial charge in [0.15, 0.2) is 0 Å². The van der Waals surface area contributed by atoms with Crippen molar-refractivity contribution in [3.63, 3.8) is 0 Å². The molecule has 1 heterocycles. The van der Waals surface area contributed by atoms with Crippen molar-refractivity contribution < 1.29 is 4.79 Å². The molecule has 0 bridgehead atoms. The van der Waals surface area contributed by atoms with Crippen LogP contribution in [0.2, 0.25) is 5.02 Å². The van der Waals surface area contributed by atoms with Crippen LogP contribution in [0.1, 0.15) is 21.5 Å². The molecule has 0 unspecified atom stereocenters. The molecule has 1 amide bonds. The van der Waals surface area contributed by atoms with Gasteiger partial charge in [-0.05, 0) is 49.7 Å². The number of hydrogen-bond donors (Lipinski definition) is 0. The Hall–Kier alpha value is -2.00. The van der Waals surface area contributed by atoms with E-state index in [4.69, 9.17) is 11.6 Å². The molecule has 0 spiro atoms. The topological polar surface area (TPSA) is 23.6 Å². The van der Waals surface area contributed by atoms with Crippen LogP contribution in [0.15, 0.2) is 42.5 Å². The van der Waals surface area contributed by atoms with Gasteiger partial charge in [0.2, 0.25) is 0 Å². The number of carbonyl (C=O) groups is 1. The number of aryl methyl sites for hydroxylation is 2. The van der Waals surface area contributed by atoms with Crippen molar-refractivity contribution >= 4 is 23.2 Å². The van der Waals surface area contributed by atoms with Crippen LogP contribution in [-0.4, -0.2) is 37.0 Å². The van der Waals surface area contributed by atoms with Crippen LogP contribution in [0.5, 0.6) is 0 Å². The van der Waals surface area contributed by atoms with Gasteiger partial charge >= 0.3 is 0 Å². The van der Waals surface area contributed by atoms with E-state index in [2.05, 4.69) is 36.9 Å². The van der Waals surface area contributed by atoms with Crippen LogP contribution in [0.4, 0.5) is 5.69 Å². The fraction of sp³-hybridized carbons (Fsp3) is 0.316. The second-order valence-electron chi connectivity index (χ2n) is 6.08. The molecule has 1 fully saturated rings. The Labute approximate surface area is 142 Å². The van der Waals surface area contributed by atoms with Crippen molar-refractivity contribution in [3.05, 3.63) is 64.2 Å². The summed E-state index contributed by atoms with van der Waals surface area (Å²) in [5.41, 5.74) is 4.55. The summed E-state index contributed by atoms with van der Waals surface area (Å²) in [7, 11) is 0. The SMILES string of the molecule is Cc1ccc(N2CCN(C(=O)c3ccc(Cl)cc3)CC2)c(C)c1. The van der Waals surface area contributed by atoms with Gasteiger partial charge < -0.3 is 9.80 Å². The normalized spacial score (nSPS) is 14.9. The predicted octanol–water partition coefficient (Wildman–Crippen LogP) is 3.92. The first kappa shape index (κ1) is 15.9. The summed E-state index contributed by atoms with van der Waals surface area (Å²) in [5.74, 6) is 0.0851. The quantitative estimate of drug-likeness (QED) is 0.834. The van der Waals surface area contributed by atoms with E-state index in [1.54, 1.807) is 24.3 Å². The summed E-state index contributed by atoms with van der Waals surface area (Å²) in [6, 6.07) is 13.7. The van der Waals surface area contributed by atoms with Gasteiger partial charge in [0.1, 0.15) is 0 Å². The molecule has 3 nitrogen and oxygen atoms in total. The zero-order valence-electron chi connectivity index (χ0n) is 13.6. The molecule has 1 saturated heterocycles. The van der Waals surface area contributed by atoms with Crippen LogP contribution < -0.4 is 4.90 Å². The van der Waals surface area contributed by atoms with Gasteiger partial charge in [-0.15, -0.1) is 0 Å². The third-order valence-electron chi connectivity index (χ3n) is 4.35. The number of piperazine rings is 1. The first-order valence-corrected chi connectivity index (χ1v) is 8.29. The van der Waals surface area contributed by atoms with E-state index in [9.17, 15) is 4.79 Å². The molecule has 120 valence electrons. The van der Waals surface area contributed by atoms with E-state index in [0.717, 1.165) is 26.2 Å². The van der Waals surface area contributed by atoms with E-state index < -0.39 is 0 Å². The summed E-state index contributed by atoms with van der Waals surface area (Å²) in [4.78, 5) is 16.8. The summed E-state index contributed by atoms with van der Waals surface area (Å²) in [6.07, 6.45) is 0. The lowest BCUT2D eigenvalue weighted by atomic mass is 10.1. The van der Waals surface area contributed by atoms with Crippen LogP contribution in [-0.2, 0) is 0 Å². The number of nitrogens with zero attached hydrogens (tertiary/aromatic N) is 2. The number of halogens is 1. The Bertz CT molecular complexity index is 704. The lowest BCUT2D eigenvalue weighted by molar-refractivity contribution is 0.0747. The lowest BCUT2D eigenvalue weighted by Crippen LogP contribution is -2.49. The molecule has 3 rings (SSSR count). The van der Waals surface area contributed by atoms with Gasteiger partial charge in [-0.25, -0.2) is 0 Å². The zero-order valence-corrected chi connectivity index (χ0v) is 14.3. The maximum atomic E-state index is 12.5. The molecule has 1 aliphatic heterocycles. The van der Waals surface area contributed by atoms with Crippen LogP contribution in [0, 0.1) is 13.8 Å². The van der Waals surface area contributed by atoms with E-state index in [1.807, 2.05) is 4.90 Å². The molecule has 23 heavy (non-hydrogen) atoms. The first-order valence-electron chi connectivity index (χ1n) is 7.91. The molecular formula is C19H21ClN2O. The standard InChI is InChI=1S/C19H21ClN2O/c1-14-3-8-18(15(2)13-14)21-9-11-22(12-10-21)19(23)16-4-6-17(20)7-5-16/h3-8,13H,9-12H2,1-2H3. The van der Waals surface area contributed by atoms with Crippen LogP contribution >= 0.6 is 11.6 Å². The highest BCUT2D eigenvalue weighted by Crippen LogP contribution is 2.23. The lowest BCUT2D eigenvalue weighted by Gasteiger charge is -2.37. The molecule has 0 aromatic heterocycles. The van der Waals surface area contributed by atoms with Gasteiger partial charge in [0.05, 0.1) is 0 Å². The Morgan fingerprint density at radius 3 is 2.22 bits per heavy atom. The van der Waals surface area contributed by atoms with Crippen LogP contribution in [0.3, 0.4) is 0 Å². The smallest absolute Gasteiger partial charge is 0.253 e. The molecular weight excluding hydrogens is 308 g/mol. The van der Waals surface area contributed by atoms with E-state index in [0.29, 0.717) is 10.6 Å². The van der Waals surface area contributed by atoms with Gasteiger partial charge in [-0.2, -0.15) is 0 Å². The molecule has 1 aliphatic rings. The van der Waals surface area contributed by atoms with Crippen LogP contribution in [0.25, 0.3) is 0 Å². The number of carbonyl (C=O) groups excluding carboxylic acids is 1. The summed E-state index contributed by atoms with van der Waals surface area (Å²) >= 11 is 5.88. The molecule has 0 saturated carbocycles. The molecule has 0 N–H and O–H groups in total. The summed E-state index contributed by atoms with van der Waals surface area (Å²) < 4.78 is 0. The number of benzene rings is 2. The fourth-order valence-electron chi connectivity index (χ4n) is 3.09. The third-order valence-corrected chi connectivity index (χ3v) is 4.60. The summed E-state index contributed by atoms with van der Waals surface area (Å²) in [5, 5.41) is 0.654.